The Balaban J connectivity index is 2.00. The van der Waals surface area contributed by atoms with Crippen molar-refractivity contribution in [3.8, 4) is 5.75 Å². The fourth-order valence-electron chi connectivity index (χ4n) is 2.79. The van der Waals surface area contributed by atoms with Gasteiger partial charge in [-0.25, -0.2) is 0 Å². The summed E-state index contributed by atoms with van der Waals surface area (Å²) in [7, 11) is 0. The summed E-state index contributed by atoms with van der Waals surface area (Å²) in [5.41, 5.74) is -0.229. The summed E-state index contributed by atoms with van der Waals surface area (Å²) in [6.07, 6.45) is 4.71. The second-order valence-electron chi connectivity index (χ2n) is 6.12. The number of aliphatic hydroxyl groups is 1. The van der Waals surface area contributed by atoms with Gasteiger partial charge in [-0.3, -0.25) is 4.79 Å². The van der Waals surface area contributed by atoms with Crippen molar-refractivity contribution in [2.45, 2.75) is 44.9 Å². The van der Waals surface area contributed by atoms with Gasteiger partial charge in [0.1, 0.15) is 5.75 Å². The number of hydrogen-bond donors (Lipinski definition) is 1. The van der Waals surface area contributed by atoms with Gasteiger partial charge in [-0.15, -0.1) is 0 Å². The van der Waals surface area contributed by atoms with E-state index >= 15 is 0 Å². The van der Waals surface area contributed by atoms with Crippen molar-refractivity contribution in [2.75, 3.05) is 6.54 Å². The van der Waals surface area contributed by atoms with Crippen molar-refractivity contribution in [2.24, 2.45) is 0 Å². The van der Waals surface area contributed by atoms with E-state index in [1.165, 1.54) is 18.2 Å². The van der Waals surface area contributed by atoms with Crippen molar-refractivity contribution >= 4 is 12.0 Å². The van der Waals surface area contributed by atoms with Crippen LogP contribution in [0.25, 0.3) is 6.08 Å². The van der Waals surface area contributed by atoms with Gasteiger partial charge in [0.05, 0.1) is 11.6 Å². The average molecular weight is 325 g/mol. The lowest BCUT2D eigenvalue weighted by Gasteiger charge is -2.33. The number of likely N-dealkylation sites (tertiary alicyclic amines) is 1. The zero-order chi connectivity index (χ0) is 17.0. The molecule has 0 aliphatic carbocycles. The second kappa shape index (κ2) is 7.08. The van der Waals surface area contributed by atoms with Gasteiger partial charge >= 0.3 is 6.61 Å². The van der Waals surface area contributed by atoms with Crippen LogP contribution in [0.1, 0.15) is 32.3 Å². The van der Waals surface area contributed by atoms with Crippen LogP contribution in [0.2, 0.25) is 0 Å². The van der Waals surface area contributed by atoms with E-state index in [9.17, 15) is 18.7 Å². The first-order valence-electron chi connectivity index (χ1n) is 7.53. The first-order chi connectivity index (χ1) is 10.8. The molecule has 0 saturated carbocycles. The lowest BCUT2D eigenvalue weighted by atomic mass is 9.96. The molecule has 1 saturated heterocycles. The predicted molar refractivity (Wildman–Crippen MR) is 83.1 cm³/mol. The molecule has 1 aliphatic heterocycles. The molecule has 1 atom stereocenters. The third kappa shape index (κ3) is 4.76. The van der Waals surface area contributed by atoms with E-state index in [0.29, 0.717) is 12.1 Å². The Kier molecular flexibility index (Phi) is 5.36. The van der Waals surface area contributed by atoms with Gasteiger partial charge in [0.15, 0.2) is 0 Å². The summed E-state index contributed by atoms with van der Waals surface area (Å²) in [6, 6.07) is 5.84. The van der Waals surface area contributed by atoms with Gasteiger partial charge in [-0.2, -0.15) is 8.78 Å². The van der Waals surface area contributed by atoms with Crippen LogP contribution in [0.5, 0.6) is 5.75 Å². The number of hydrogen-bond acceptors (Lipinski definition) is 3. The molecule has 0 spiro atoms. The number of amides is 1. The molecule has 6 heteroatoms. The molecule has 23 heavy (non-hydrogen) atoms. The average Bonchev–Trinajstić information content (AvgIpc) is 2.95. The second-order valence-corrected chi connectivity index (χ2v) is 6.12. The van der Waals surface area contributed by atoms with Gasteiger partial charge in [0.25, 0.3) is 0 Å². The molecule has 126 valence electrons. The van der Waals surface area contributed by atoms with E-state index in [0.717, 1.165) is 12.8 Å². The molecule has 1 fully saturated rings. The number of alkyl halides is 2. The maximum atomic E-state index is 12.3. The quantitative estimate of drug-likeness (QED) is 0.847. The zero-order valence-corrected chi connectivity index (χ0v) is 13.2. The molecule has 1 N–H and O–H groups in total. The number of ether oxygens (including phenoxy) is 1. The van der Waals surface area contributed by atoms with Crippen LogP contribution in [0.4, 0.5) is 8.78 Å². The largest absolute Gasteiger partial charge is 0.435 e. The van der Waals surface area contributed by atoms with E-state index in [-0.39, 0.29) is 17.7 Å². The molecule has 4 nitrogen and oxygen atoms in total. The maximum Gasteiger partial charge on any atom is 0.387 e. The Labute approximate surface area is 134 Å². The van der Waals surface area contributed by atoms with Gasteiger partial charge in [0.2, 0.25) is 5.91 Å². The van der Waals surface area contributed by atoms with Crippen molar-refractivity contribution in [3.63, 3.8) is 0 Å². The molecule has 1 amide bonds. The van der Waals surface area contributed by atoms with Gasteiger partial charge < -0.3 is 14.7 Å². The molecule has 1 aromatic carbocycles. The Hall–Kier alpha value is -1.95. The summed E-state index contributed by atoms with van der Waals surface area (Å²) >= 11 is 0. The van der Waals surface area contributed by atoms with Crippen molar-refractivity contribution < 1.29 is 23.4 Å². The Morgan fingerprint density at radius 1 is 1.39 bits per heavy atom. The van der Waals surface area contributed by atoms with E-state index in [4.69, 9.17) is 0 Å². The van der Waals surface area contributed by atoms with Gasteiger partial charge in [-0.05, 0) is 50.5 Å². The lowest BCUT2D eigenvalue weighted by molar-refractivity contribution is -0.131. The summed E-state index contributed by atoms with van der Waals surface area (Å²) in [5.74, 6) is -0.0901. The zero-order valence-electron chi connectivity index (χ0n) is 13.2. The monoisotopic (exact) mass is 325 g/mol. The van der Waals surface area contributed by atoms with Crippen LogP contribution < -0.4 is 4.74 Å². The molecular formula is C17H21F2NO3. The molecule has 0 bridgehead atoms. The van der Waals surface area contributed by atoms with Crippen LogP contribution in [-0.4, -0.2) is 40.7 Å². The molecule has 0 aromatic heterocycles. The van der Waals surface area contributed by atoms with Crippen LogP contribution >= 0.6 is 0 Å². The van der Waals surface area contributed by atoms with Crippen LogP contribution in [0.15, 0.2) is 30.3 Å². The lowest BCUT2D eigenvalue weighted by Crippen LogP contribution is -2.47. The first kappa shape index (κ1) is 17.4. The van der Waals surface area contributed by atoms with Crippen molar-refractivity contribution in [1.29, 1.82) is 0 Å². The molecular weight excluding hydrogens is 304 g/mol. The fraction of sp³-hybridized carbons (Fsp3) is 0.471. The Morgan fingerprint density at radius 3 is 2.61 bits per heavy atom. The molecule has 1 heterocycles. The van der Waals surface area contributed by atoms with Crippen LogP contribution in [0, 0.1) is 0 Å². The number of carbonyl (C=O) groups excluding carboxylic acids is 1. The first-order valence-corrected chi connectivity index (χ1v) is 7.53. The maximum absolute atomic E-state index is 12.3. The van der Waals surface area contributed by atoms with E-state index in [2.05, 4.69) is 4.74 Å². The Bertz CT molecular complexity index is 564. The topological polar surface area (TPSA) is 49.8 Å². The third-order valence-electron chi connectivity index (χ3n) is 3.87. The Morgan fingerprint density at radius 2 is 2.04 bits per heavy atom. The highest BCUT2D eigenvalue weighted by atomic mass is 19.3. The highest BCUT2D eigenvalue weighted by molar-refractivity contribution is 5.92. The number of benzene rings is 1. The number of nitrogens with zero attached hydrogens (tertiary/aromatic N) is 1. The molecule has 1 unspecified atom stereocenters. The van der Waals surface area contributed by atoms with E-state index in [1.54, 1.807) is 37.0 Å². The highest BCUT2D eigenvalue weighted by Gasteiger charge is 2.37. The summed E-state index contributed by atoms with van der Waals surface area (Å²) in [5, 5.41) is 10.1. The van der Waals surface area contributed by atoms with E-state index in [1.807, 2.05) is 0 Å². The summed E-state index contributed by atoms with van der Waals surface area (Å²) in [6.45, 7) is 1.18. The standard InChI is InChI=1S/C17H21F2NO3/c1-17(2,22)14-4-3-11-20(14)15(21)10-7-12-5-8-13(9-6-12)23-16(18)19/h5-10,14,16,22H,3-4,11H2,1-2H3/b10-7+. The summed E-state index contributed by atoms with van der Waals surface area (Å²) in [4.78, 5) is 14.0. The summed E-state index contributed by atoms with van der Waals surface area (Å²) < 4.78 is 28.4. The SMILES string of the molecule is CC(C)(O)C1CCCN1C(=O)/C=C/c1ccc(OC(F)F)cc1. The van der Waals surface area contributed by atoms with E-state index < -0.39 is 12.2 Å². The number of halogens is 2. The van der Waals surface area contributed by atoms with Crippen LogP contribution in [-0.2, 0) is 4.79 Å². The molecule has 1 aromatic rings. The van der Waals surface area contributed by atoms with Gasteiger partial charge in [-0.1, -0.05) is 12.1 Å². The van der Waals surface area contributed by atoms with Gasteiger partial charge in [0, 0.05) is 12.6 Å². The van der Waals surface area contributed by atoms with Crippen molar-refractivity contribution in [3.05, 3.63) is 35.9 Å². The third-order valence-corrected chi connectivity index (χ3v) is 3.87. The molecule has 2 rings (SSSR count). The van der Waals surface area contributed by atoms with Crippen molar-refractivity contribution in [1.82, 2.24) is 4.90 Å². The van der Waals surface area contributed by atoms with Crippen LogP contribution in [0.3, 0.4) is 0 Å². The number of rotatable bonds is 5. The fourth-order valence-corrected chi connectivity index (χ4v) is 2.79. The number of carbonyl (C=O) groups is 1. The minimum Gasteiger partial charge on any atom is -0.435 e. The predicted octanol–water partition coefficient (Wildman–Crippen LogP) is 3.06. The molecule has 1 aliphatic rings. The smallest absolute Gasteiger partial charge is 0.387 e. The minimum atomic E-state index is -2.85. The normalized spacial score (nSPS) is 18.9. The highest BCUT2D eigenvalue weighted by Crippen LogP contribution is 2.27. The molecule has 0 radical (unpaired) electrons. The minimum absolute atomic E-state index is 0.0742.